The maximum absolute atomic E-state index is 14.3. The minimum atomic E-state index is -0.0922. The summed E-state index contributed by atoms with van der Waals surface area (Å²) in [5.74, 6) is 7.70. The normalized spacial score (nSPS) is 18.2. The third kappa shape index (κ3) is 7.81. The van der Waals surface area contributed by atoms with Crippen LogP contribution in [-0.2, 0) is 12.8 Å². The van der Waals surface area contributed by atoms with E-state index in [-0.39, 0.29) is 5.82 Å². The maximum Gasteiger partial charge on any atom is 0.127 e. The highest BCUT2D eigenvalue weighted by molar-refractivity contribution is 5.37. The van der Waals surface area contributed by atoms with Crippen LogP contribution in [-0.4, -0.2) is 0 Å². The van der Waals surface area contributed by atoms with Crippen LogP contribution in [0.5, 0.6) is 0 Å². The van der Waals surface area contributed by atoms with Crippen molar-refractivity contribution in [1.82, 2.24) is 0 Å². The van der Waals surface area contributed by atoms with Gasteiger partial charge in [0.25, 0.3) is 0 Å². The van der Waals surface area contributed by atoms with Crippen LogP contribution in [0.1, 0.15) is 113 Å². The Morgan fingerprint density at radius 2 is 1.47 bits per heavy atom. The monoisotopic (exact) mass is 432 g/mol. The summed E-state index contributed by atoms with van der Waals surface area (Å²) in [5, 5.41) is 0. The first-order valence-corrected chi connectivity index (χ1v) is 13.1. The van der Waals surface area contributed by atoms with Gasteiger partial charge in [0, 0.05) is 11.5 Å². The Morgan fingerprint density at radius 1 is 0.781 bits per heavy atom. The van der Waals surface area contributed by atoms with E-state index in [1.165, 1.54) is 56.1 Å². The number of unbranched alkanes of at least 4 members (excludes halogenated alkanes) is 5. The molecule has 1 aliphatic carbocycles. The van der Waals surface area contributed by atoms with Crippen LogP contribution in [0.3, 0.4) is 0 Å². The Balaban J connectivity index is 1.46. The van der Waals surface area contributed by atoms with Crippen molar-refractivity contribution in [3.8, 4) is 11.8 Å². The molecule has 2 aromatic rings. The van der Waals surface area contributed by atoms with Gasteiger partial charge >= 0.3 is 0 Å². The summed E-state index contributed by atoms with van der Waals surface area (Å²) >= 11 is 0. The number of benzene rings is 2. The fourth-order valence-electron chi connectivity index (χ4n) is 4.86. The molecule has 0 heterocycles. The zero-order valence-electron chi connectivity index (χ0n) is 20.3. The first-order chi connectivity index (χ1) is 15.7. The molecular weight excluding hydrogens is 391 g/mol. The molecule has 1 heteroatoms. The minimum absolute atomic E-state index is 0.0922. The number of halogens is 1. The first-order valence-electron chi connectivity index (χ1n) is 13.1. The van der Waals surface area contributed by atoms with Crippen LogP contribution in [0.25, 0.3) is 0 Å². The number of hydrogen-bond acceptors (Lipinski definition) is 0. The van der Waals surface area contributed by atoms with Crippen LogP contribution in [0.4, 0.5) is 4.39 Å². The van der Waals surface area contributed by atoms with Crippen molar-refractivity contribution in [2.24, 2.45) is 5.92 Å². The third-order valence-corrected chi connectivity index (χ3v) is 7.02. The van der Waals surface area contributed by atoms with Crippen LogP contribution in [0.15, 0.2) is 42.5 Å². The first kappa shape index (κ1) is 24.6. The molecule has 1 fully saturated rings. The summed E-state index contributed by atoms with van der Waals surface area (Å²) in [6, 6.07) is 14.9. The lowest BCUT2D eigenvalue weighted by molar-refractivity contribution is 0.384. The van der Waals surface area contributed by atoms with Crippen LogP contribution >= 0.6 is 0 Å². The molecule has 0 atom stereocenters. The summed E-state index contributed by atoms with van der Waals surface area (Å²) in [5.41, 5.74) is 4.62. The van der Waals surface area contributed by atoms with E-state index in [4.69, 9.17) is 0 Å². The standard InChI is InChI=1S/C31H41F/c1-3-5-7-9-10-25-14-19-28(20-15-25)29-21-16-26(17-22-29)12-13-27-18-23-30(31(32)24-27)11-8-6-4-2/h14-15,18-20,23-24,26,29H,3-11,16-17,21-22H2,1-2H3/t26-,29-. The van der Waals surface area contributed by atoms with Gasteiger partial charge in [-0.1, -0.05) is 88.1 Å². The van der Waals surface area contributed by atoms with Gasteiger partial charge in [-0.3, -0.25) is 0 Å². The molecule has 0 aromatic heterocycles. The van der Waals surface area contributed by atoms with Crippen molar-refractivity contribution < 1.29 is 4.39 Å². The second kappa shape index (κ2) is 13.5. The molecule has 0 bridgehead atoms. The molecule has 172 valence electrons. The second-order valence-electron chi connectivity index (χ2n) is 9.63. The molecule has 0 amide bonds. The molecule has 0 unspecified atom stereocenters. The van der Waals surface area contributed by atoms with Gasteiger partial charge < -0.3 is 0 Å². The fraction of sp³-hybridized carbons (Fsp3) is 0.548. The van der Waals surface area contributed by atoms with Crippen molar-refractivity contribution in [2.45, 2.75) is 103 Å². The number of hydrogen-bond donors (Lipinski definition) is 0. The van der Waals surface area contributed by atoms with Gasteiger partial charge in [-0.15, -0.1) is 0 Å². The Hall–Kier alpha value is -2.07. The summed E-state index contributed by atoms with van der Waals surface area (Å²) in [6.45, 7) is 4.44. The lowest BCUT2D eigenvalue weighted by Crippen LogP contribution is -2.12. The van der Waals surface area contributed by atoms with E-state index < -0.39 is 0 Å². The Labute approximate surface area is 196 Å². The van der Waals surface area contributed by atoms with E-state index >= 15 is 0 Å². The van der Waals surface area contributed by atoms with E-state index in [1.54, 1.807) is 6.07 Å². The summed E-state index contributed by atoms with van der Waals surface area (Å²) in [7, 11) is 0. The van der Waals surface area contributed by atoms with Gasteiger partial charge in [-0.25, -0.2) is 4.39 Å². The predicted octanol–water partition coefficient (Wildman–Crippen LogP) is 9.01. The van der Waals surface area contributed by atoms with E-state index in [0.717, 1.165) is 49.7 Å². The van der Waals surface area contributed by atoms with E-state index in [9.17, 15) is 4.39 Å². The van der Waals surface area contributed by atoms with Crippen molar-refractivity contribution in [3.63, 3.8) is 0 Å². The average molecular weight is 433 g/mol. The lowest BCUT2D eigenvalue weighted by atomic mass is 9.78. The second-order valence-corrected chi connectivity index (χ2v) is 9.63. The minimum Gasteiger partial charge on any atom is -0.207 e. The molecule has 2 aromatic carbocycles. The molecule has 0 N–H and O–H groups in total. The highest BCUT2D eigenvalue weighted by Gasteiger charge is 2.21. The van der Waals surface area contributed by atoms with Crippen LogP contribution in [0, 0.1) is 23.6 Å². The topological polar surface area (TPSA) is 0 Å². The fourth-order valence-corrected chi connectivity index (χ4v) is 4.86. The Kier molecular flexibility index (Phi) is 10.3. The molecule has 1 aliphatic rings. The SMILES string of the molecule is CCCCCCc1ccc([C@H]2CC[C@H](C#Cc3ccc(CCCCC)c(F)c3)CC2)cc1. The Morgan fingerprint density at radius 3 is 2.16 bits per heavy atom. The van der Waals surface area contributed by atoms with E-state index in [1.807, 2.05) is 12.1 Å². The smallest absolute Gasteiger partial charge is 0.127 e. The quantitative estimate of drug-likeness (QED) is 0.259. The van der Waals surface area contributed by atoms with Gasteiger partial charge in [-0.2, -0.15) is 0 Å². The van der Waals surface area contributed by atoms with Crippen LogP contribution < -0.4 is 0 Å². The number of aryl methyl sites for hydroxylation is 2. The molecule has 3 rings (SSSR count). The summed E-state index contributed by atoms with van der Waals surface area (Å²) in [4.78, 5) is 0. The van der Waals surface area contributed by atoms with Gasteiger partial charge in [0.05, 0.1) is 0 Å². The highest BCUT2D eigenvalue weighted by Crippen LogP contribution is 2.35. The Bertz CT molecular complexity index is 860. The zero-order chi connectivity index (χ0) is 22.6. The van der Waals surface area contributed by atoms with Crippen molar-refractivity contribution in [1.29, 1.82) is 0 Å². The summed E-state index contributed by atoms with van der Waals surface area (Å²) in [6.07, 6.45) is 15.4. The lowest BCUT2D eigenvalue weighted by Gasteiger charge is -2.26. The molecule has 0 aliphatic heterocycles. The zero-order valence-corrected chi connectivity index (χ0v) is 20.3. The predicted molar refractivity (Wildman–Crippen MR) is 135 cm³/mol. The molecule has 0 saturated heterocycles. The summed E-state index contributed by atoms with van der Waals surface area (Å²) < 4.78 is 14.3. The molecular formula is C31H41F. The molecule has 0 nitrogen and oxygen atoms in total. The van der Waals surface area contributed by atoms with Crippen molar-refractivity contribution in [3.05, 3.63) is 70.5 Å². The molecule has 32 heavy (non-hydrogen) atoms. The molecule has 1 saturated carbocycles. The van der Waals surface area contributed by atoms with E-state index in [0.29, 0.717) is 11.8 Å². The van der Waals surface area contributed by atoms with Crippen molar-refractivity contribution >= 4 is 0 Å². The van der Waals surface area contributed by atoms with Gasteiger partial charge in [-0.05, 0) is 86.1 Å². The largest absolute Gasteiger partial charge is 0.207 e. The molecule has 0 spiro atoms. The third-order valence-electron chi connectivity index (χ3n) is 7.02. The average Bonchev–Trinajstić information content (AvgIpc) is 2.83. The molecule has 0 radical (unpaired) electrons. The van der Waals surface area contributed by atoms with Crippen molar-refractivity contribution in [2.75, 3.05) is 0 Å². The van der Waals surface area contributed by atoms with E-state index in [2.05, 4.69) is 50.0 Å². The van der Waals surface area contributed by atoms with Gasteiger partial charge in [0.1, 0.15) is 5.82 Å². The maximum atomic E-state index is 14.3. The highest BCUT2D eigenvalue weighted by atomic mass is 19.1. The van der Waals surface area contributed by atoms with Gasteiger partial charge in [0.15, 0.2) is 0 Å². The van der Waals surface area contributed by atoms with Gasteiger partial charge in [0.2, 0.25) is 0 Å². The number of rotatable bonds is 10. The van der Waals surface area contributed by atoms with Crippen LogP contribution in [0.2, 0.25) is 0 Å².